The van der Waals surface area contributed by atoms with E-state index < -0.39 is 30.0 Å². The molecule has 3 N–H and O–H groups in total. The Morgan fingerprint density at radius 2 is 1.80 bits per heavy atom. The summed E-state index contributed by atoms with van der Waals surface area (Å²) in [4.78, 5) is 7.96. The monoisotopic (exact) mass is 506 g/mol. The number of ether oxygens (including phenoxy) is 3. The Bertz CT molecular complexity index is 1270. The summed E-state index contributed by atoms with van der Waals surface area (Å²) < 4.78 is 57.9. The molecule has 0 spiro atoms. The zero-order chi connectivity index (χ0) is 24.7. The Labute approximate surface area is 204 Å². The highest BCUT2D eigenvalue weighted by Gasteiger charge is 2.40. The molecular weight excluding hydrogens is 485 g/mol. The van der Waals surface area contributed by atoms with Crippen molar-refractivity contribution in [2.45, 2.75) is 31.3 Å². The van der Waals surface area contributed by atoms with Gasteiger partial charge in [0.1, 0.15) is 0 Å². The number of hydrogen-bond acceptors (Lipinski definition) is 7. The van der Waals surface area contributed by atoms with Gasteiger partial charge < -0.3 is 25.3 Å². The topological polar surface area (TPSA) is 91.5 Å². The number of nitrogens with one attached hydrogen (secondary N) is 1. The van der Waals surface area contributed by atoms with Gasteiger partial charge in [-0.25, -0.2) is 4.98 Å². The van der Waals surface area contributed by atoms with Crippen molar-refractivity contribution in [1.29, 1.82) is 0 Å². The van der Waals surface area contributed by atoms with Crippen molar-refractivity contribution >= 4 is 23.1 Å². The van der Waals surface area contributed by atoms with Gasteiger partial charge in [-0.15, -0.1) is 0 Å². The molecule has 0 bridgehead atoms. The zero-order valence-corrected chi connectivity index (χ0v) is 19.4. The Morgan fingerprint density at radius 3 is 2.51 bits per heavy atom. The molecule has 2 aromatic carbocycles. The Morgan fingerprint density at radius 1 is 1.09 bits per heavy atom. The summed E-state index contributed by atoms with van der Waals surface area (Å²) in [7, 11) is 1.31. The molecule has 1 aromatic heterocycles. The lowest BCUT2D eigenvalue weighted by molar-refractivity contribution is -0.141. The maximum absolute atomic E-state index is 14.0. The standard InChI is InChI=1S/C24H22ClF3N4O3/c1-33-22-19(23-34-10-11-35-23)31-20(24(26,27)28)21(32-22)30-17-9-8-13-12(4-2-5-14(13)17)15-6-3-7-16(29)18(15)25/h2-7,17,23H,8-11,29H2,1H3,(H,30,32)/t17-/m0/s1. The van der Waals surface area contributed by atoms with E-state index in [1.54, 1.807) is 6.07 Å². The molecule has 11 heteroatoms. The van der Waals surface area contributed by atoms with E-state index in [1.165, 1.54) is 7.11 Å². The molecule has 1 aliphatic carbocycles. The fraction of sp³-hybridized carbons (Fsp3) is 0.333. The van der Waals surface area contributed by atoms with Crippen LogP contribution in [-0.4, -0.2) is 30.3 Å². The van der Waals surface area contributed by atoms with Crippen molar-refractivity contribution in [3.05, 3.63) is 63.9 Å². The average Bonchev–Trinajstić information content (AvgIpc) is 3.50. The molecule has 7 nitrogen and oxygen atoms in total. The molecule has 1 atom stereocenters. The lowest BCUT2D eigenvalue weighted by atomic mass is 9.96. The van der Waals surface area contributed by atoms with Crippen molar-refractivity contribution in [3.63, 3.8) is 0 Å². The largest absolute Gasteiger partial charge is 0.480 e. The first kappa shape index (κ1) is 23.7. The van der Waals surface area contributed by atoms with E-state index in [2.05, 4.69) is 15.3 Å². The Hall–Kier alpha value is -3.08. The number of benzene rings is 2. The minimum absolute atomic E-state index is 0.0917. The summed E-state index contributed by atoms with van der Waals surface area (Å²) in [5.74, 6) is -0.507. The number of hydrogen-bond donors (Lipinski definition) is 2. The van der Waals surface area contributed by atoms with Gasteiger partial charge in [0.25, 0.3) is 0 Å². The van der Waals surface area contributed by atoms with E-state index in [-0.39, 0.29) is 24.8 Å². The van der Waals surface area contributed by atoms with Crippen LogP contribution in [0.4, 0.5) is 24.7 Å². The number of halogens is 4. The number of nitrogens with two attached hydrogens (primary N) is 1. The Balaban J connectivity index is 1.53. The number of nitrogens with zero attached hydrogens (tertiary/aromatic N) is 2. The van der Waals surface area contributed by atoms with E-state index in [0.717, 1.165) is 22.3 Å². The lowest BCUT2D eigenvalue weighted by Crippen LogP contribution is -2.20. The second-order valence-electron chi connectivity index (χ2n) is 8.20. The molecule has 35 heavy (non-hydrogen) atoms. The van der Waals surface area contributed by atoms with E-state index in [4.69, 9.17) is 31.5 Å². The normalized spacial score (nSPS) is 18.0. The summed E-state index contributed by atoms with van der Waals surface area (Å²) >= 11 is 6.45. The summed E-state index contributed by atoms with van der Waals surface area (Å²) in [6, 6.07) is 10.7. The molecule has 1 aliphatic heterocycles. The van der Waals surface area contributed by atoms with Gasteiger partial charge in [-0.2, -0.15) is 18.2 Å². The third-order valence-corrected chi connectivity index (χ3v) is 6.52. The first-order chi connectivity index (χ1) is 16.8. The minimum atomic E-state index is -4.76. The van der Waals surface area contributed by atoms with Gasteiger partial charge in [-0.05, 0) is 35.6 Å². The molecule has 1 fully saturated rings. The van der Waals surface area contributed by atoms with Gasteiger partial charge in [0.05, 0.1) is 37.1 Å². The fourth-order valence-corrected chi connectivity index (χ4v) is 4.76. The van der Waals surface area contributed by atoms with Gasteiger partial charge in [-0.3, -0.25) is 0 Å². The van der Waals surface area contributed by atoms with Crippen LogP contribution < -0.4 is 15.8 Å². The SMILES string of the molecule is COc1nc(N[C@H]2CCc3c(-c4cccc(N)c4Cl)cccc32)c(C(F)(F)F)nc1C1OCCO1. The number of alkyl halides is 3. The molecule has 0 radical (unpaired) electrons. The van der Waals surface area contributed by atoms with Crippen molar-refractivity contribution in [2.75, 3.05) is 31.4 Å². The predicted octanol–water partition coefficient (Wildman–Crippen LogP) is 5.55. The van der Waals surface area contributed by atoms with E-state index in [0.29, 0.717) is 23.6 Å². The van der Waals surface area contributed by atoms with Crippen LogP contribution in [0.5, 0.6) is 5.88 Å². The van der Waals surface area contributed by atoms with Crippen molar-refractivity contribution in [1.82, 2.24) is 9.97 Å². The molecule has 0 saturated carbocycles. The van der Waals surface area contributed by atoms with Crippen LogP contribution >= 0.6 is 11.6 Å². The Kier molecular flexibility index (Phi) is 6.20. The highest BCUT2D eigenvalue weighted by atomic mass is 35.5. The van der Waals surface area contributed by atoms with Crippen LogP contribution in [-0.2, 0) is 22.1 Å². The van der Waals surface area contributed by atoms with Gasteiger partial charge in [-0.1, -0.05) is 41.9 Å². The first-order valence-electron chi connectivity index (χ1n) is 11.0. The van der Waals surface area contributed by atoms with Gasteiger partial charge in [0, 0.05) is 5.56 Å². The molecule has 2 aliphatic rings. The first-order valence-corrected chi connectivity index (χ1v) is 11.3. The van der Waals surface area contributed by atoms with Crippen molar-refractivity contribution in [3.8, 4) is 17.0 Å². The quantitative estimate of drug-likeness (QED) is 0.438. The molecule has 1 saturated heterocycles. The third kappa shape index (κ3) is 4.37. The van der Waals surface area contributed by atoms with Gasteiger partial charge in [0.15, 0.2) is 17.2 Å². The number of aromatic nitrogens is 2. The van der Waals surface area contributed by atoms with Gasteiger partial charge >= 0.3 is 6.18 Å². The predicted molar refractivity (Wildman–Crippen MR) is 124 cm³/mol. The smallest absolute Gasteiger partial charge is 0.437 e. The summed E-state index contributed by atoms with van der Waals surface area (Å²) in [6.45, 7) is 0.490. The lowest BCUT2D eigenvalue weighted by Gasteiger charge is -2.21. The third-order valence-electron chi connectivity index (χ3n) is 6.10. The second-order valence-corrected chi connectivity index (χ2v) is 8.58. The van der Waals surface area contributed by atoms with Gasteiger partial charge in [0.2, 0.25) is 12.2 Å². The maximum Gasteiger partial charge on any atom is 0.437 e. The molecular formula is C24H22ClF3N4O3. The second kappa shape index (κ2) is 9.18. The fourth-order valence-electron chi connectivity index (χ4n) is 4.53. The van der Waals surface area contributed by atoms with E-state index >= 15 is 0 Å². The average molecular weight is 507 g/mol. The molecule has 0 amide bonds. The highest BCUT2D eigenvalue weighted by Crippen LogP contribution is 2.44. The number of methoxy groups -OCH3 is 1. The van der Waals surface area contributed by atoms with E-state index in [9.17, 15) is 13.2 Å². The number of rotatable bonds is 5. The number of anilines is 2. The number of nitrogen functional groups attached to an aromatic ring is 1. The molecule has 184 valence electrons. The van der Waals surface area contributed by atoms with E-state index in [1.807, 2.05) is 30.3 Å². The molecule has 3 aromatic rings. The number of fused-ring (bicyclic) bond motifs is 1. The summed E-state index contributed by atoms with van der Waals surface area (Å²) in [5, 5.41) is 3.40. The maximum atomic E-state index is 14.0. The molecule has 2 heterocycles. The van der Waals surface area contributed by atoms with Crippen molar-refractivity contribution < 1.29 is 27.4 Å². The van der Waals surface area contributed by atoms with Crippen LogP contribution in [0.2, 0.25) is 5.02 Å². The summed E-state index contributed by atoms with van der Waals surface area (Å²) in [5.41, 5.74) is 8.67. The zero-order valence-electron chi connectivity index (χ0n) is 18.7. The summed E-state index contributed by atoms with van der Waals surface area (Å²) in [6.07, 6.45) is -4.62. The van der Waals surface area contributed by atoms with Crippen LogP contribution in [0, 0.1) is 0 Å². The van der Waals surface area contributed by atoms with Crippen LogP contribution in [0.25, 0.3) is 11.1 Å². The molecule has 0 unspecified atom stereocenters. The molecule has 5 rings (SSSR count). The van der Waals surface area contributed by atoms with Crippen LogP contribution in [0.3, 0.4) is 0 Å². The van der Waals surface area contributed by atoms with Crippen LogP contribution in [0.1, 0.15) is 41.3 Å². The highest BCUT2D eigenvalue weighted by molar-refractivity contribution is 6.35. The van der Waals surface area contributed by atoms with Crippen LogP contribution in [0.15, 0.2) is 36.4 Å². The minimum Gasteiger partial charge on any atom is -0.480 e. The van der Waals surface area contributed by atoms with Crippen molar-refractivity contribution in [2.24, 2.45) is 0 Å².